The van der Waals surface area contributed by atoms with Crippen LogP contribution in [0.3, 0.4) is 0 Å². The molecule has 3 aromatic rings. The van der Waals surface area contributed by atoms with Crippen LogP contribution in [0.1, 0.15) is 56.7 Å². The van der Waals surface area contributed by atoms with Gasteiger partial charge in [-0.2, -0.15) is 0 Å². The van der Waals surface area contributed by atoms with Crippen molar-refractivity contribution in [3.05, 3.63) is 114 Å². The summed E-state index contributed by atoms with van der Waals surface area (Å²) in [4.78, 5) is 39.8. The first kappa shape index (κ1) is 35.4. The Morgan fingerprint density at radius 1 is 0.894 bits per heavy atom. The van der Waals surface area contributed by atoms with Crippen LogP contribution in [0.2, 0.25) is 0 Å². The van der Waals surface area contributed by atoms with Crippen molar-refractivity contribution in [1.82, 2.24) is 10.6 Å². The molecule has 0 aliphatic carbocycles. The van der Waals surface area contributed by atoms with Crippen molar-refractivity contribution in [2.75, 3.05) is 13.2 Å². The van der Waals surface area contributed by atoms with E-state index in [4.69, 9.17) is 9.47 Å². The molecule has 1 heterocycles. The van der Waals surface area contributed by atoms with Gasteiger partial charge < -0.3 is 25.2 Å². The molecule has 3 N–H and O–H groups in total. The number of nitrogens with one attached hydrogen (secondary N) is 2. The van der Waals surface area contributed by atoms with Gasteiger partial charge in [-0.25, -0.2) is 0 Å². The molecule has 47 heavy (non-hydrogen) atoms. The fraction of sp³-hybridized carbons (Fsp3) is 0.410. The summed E-state index contributed by atoms with van der Waals surface area (Å²) in [7, 11) is 0. The van der Waals surface area contributed by atoms with Crippen molar-refractivity contribution in [1.29, 1.82) is 0 Å². The smallest absolute Gasteiger partial charge is 0.309 e. The van der Waals surface area contributed by atoms with E-state index in [2.05, 4.69) is 10.6 Å². The van der Waals surface area contributed by atoms with Gasteiger partial charge >= 0.3 is 5.97 Å². The number of hydrogen-bond acceptors (Lipinski definition) is 6. The minimum Gasteiger partial charge on any atom is -0.489 e. The summed E-state index contributed by atoms with van der Waals surface area (Å²) in [6.07, 6.45) is 5.53. The van der Waals surface area contributed by atoms with Gasteiger partial charge in [0.1, 0.15) is 19.0 Å². The lowest BCUT2D eigenvalue weighted by Crippen LogP contribution is -2.50. The highest BCUT2D eigenvalue weighted by Crippen LogP contribution is 2.24. The second kappa shape index (κ2) is 17.5. The Balaban J connectivity index is 1.37. The van der Waals surface area contributed by atoms with Crippen molar-refractivity contribution < 1.29 is 29.0 Å². The second-order valence-corrected chi connectivity index (χ2v) is 13.4. The lowest BCUT2D eigenvalue weighted by molar-refractivity contribution is -0.151. The maximum absolute atomic E-state index is 13.5. The highest BCUT2D eigenvalue weighted by Gasteiger charge is 2.32. The maximum Gasteiger partial charge on any atom is 0.309 e. The summed E-state index contributed by atoms with van der Waals surface area (Å²) in [5.74, 6) is -1.12. The Hall–Kier alpha value is -4.43. The Kier molecular flexibility index (Phi) is 13.2. The summed E-state index contributed by atoms with van der Waals surface area (Å²) in [5.41, 5.74) is 2.68. The molecule has 2 amide bonds. The van der Waals surface area contributed by atoms with Crippen LogP contribution in [0.15, 0.2) is 97.1 Å². The van der Waals surface area contributed by atoms with Gasteiger partial charge in [0.05, 0.1) is 30.5 Å². The van der Waals surface area contributed by atoms with E-state index < -0.39 is 18.0 Å². The number of cyclic esters (lactones) is 1. The Bertz CT molecular complexity index is 1450. The van der Waals surface area contributed by atoms with Gasteiger partial charge in [-0.05, 0) is 59.9 Å². The fourth-order valence-electron chi connectivity index (χ4n) is 5.47. The van der Waals surface area contributed by atoms with Gasteiger partial charge in [0.15, 0.2) is 0 Å². The van der Waals surface area contributed by atoms with E-state index in [9.17, 15) is 19.5 Å². The van der Waals surface area contributed by atoms with Crippen LogP contribution in [-0.4, -0.2) is 48.2 Å². The van der Waals surface area contributed by atoms with E-state index in [1.54, 1.807) is 0 Å². The molecule has 4 atom stereocenters. The van der Waals surface area contributed by atoms with E-state index in [0.29, 0.717) is 32.3 Å². The third kappa shape index (κ3) is 11.7. The number of ether oxygens (including phenoxy) is 2. The highest BCUT2D eigenvalue weighted by atomic mass is 16.5. The third-order valence-corrected chi connectivity index (χ3v) is 8.46. The predicted molar refractivity (Wildman–Crippen MR) is 182 cm³/mol. The summed E-state index contributed by atoms with van der Waals surface area (Å²) >= 11 is 0. The molecule has 8 heteroatoms. The Morgan fingerprint density at radius 2 is 1.51 bits per heavy atom. The first-order chi connectivity index (χ1) is 22.6. The average Bonchev–Trinajstić information content (AvgIpc) is 3.06. The molecular weight excluding hydrogens is 592 g/mol. The molecule has 4 rings (SSSR count). The largest absolute Gasteiger partial charge is 0.489 e. The quantitative estimate of drug-likeness (QED) is 0.187. The van der Waals surface area contributed by atoms with Crippen LogP contribution in [0.25, 0.3) is 0 Å². The zero-order valence-corrected chi connectivity index (χ0v) is 27.7. The normalized spacial score (nSPS) is 19.8. The molecule has 250 valence electrons. The van der Waals surface area contributed by atoms with Gasteiger partial charge in [-0.1, -0.05) is 106 Å². The van der Waals surface area contributed by atoms with Crippen LogP contribution in [-0.2, 0) is 38.6 Å². The predicted octanol–water partition coefficient (Wildman–Crippen LogP) is 5.57. The number of rotatable bonds is 11. The summed E-state index contributed by atoms with van der Waals surface area (Å²) in [6.45, 7) is 6.21. The molecule has 0 spiro atoms. The summed E-state index contributed by atoms with van der Waals surface area (Å²) < 4.78 is 11.6. The minimum absolute atomic E-state index is 0.0387. The first-order valence-electron chi connectivity index (χ1n) is 16.4. The molecule has 1 aliphatic heterocycles. The number of esters is 1. The highest BCUT2D eigenvalue weighted by molar-refractivity contribution is 5.86. The molecule has 0 saturated carbocycles. The van der Waals surface area contributed by atoms with Crippen LogP contribution >= 0.6 is 0 Å². The van der Waals surface area contributed by atoms with E-state index in [1.807, 2.05) is 118 Å². The number of aliphatic hydroxyl groups excluding tert-OH is 1. The molecule has 0 aromatic heterocycles. The van der Waals surface area contributed by atoms with Gasteiger partial charge in [-0.3, -0.25) is 14.4 Å². The van der Waals surface area contributed by atoms with E-state index in [-0.39, 0.29) is 48.8 Å². The van der Waals surface area contributed by atoms with Crippen LogP contribution in [0.4, 0.5) is 0 Å². The van der Waals surface area contributed by atoms with Crippen LogP contribution in [0.5, 0.6) is 5.75 Å². The number of hydrogen-bond donors (Lipinski definition) is 3. The molecule has 0 saturated heterocycles. The minimum atomic E-state index is -0.626. The first-order valence-corrected chi connectivity index (χ1v) is 16.4. The Morgan fingerprint density at radius 3 is 2.13 bits per heavy atom. The lowest BCUT2D eigenvalue weighted by Gasteiger charge is -2.33. The summed E-state index contributed by atoms with van der Waals surface area (Å²) in [5, 5.41) is 16.0. The van der Waals surface area contributed by atoms with Crippen LogP contribution < -0.4 is 15.4 Å². The number of carbonyl (C=O) groups is 3. The second-order valence-electron chi connectivity index (χ2n) is 13.4. The van der Waals surface area contributed by atoms with Crippen LogP contribution in [0, 0.1) is 17.3 Å². The molecule has 8 nitrogen and oxygen atoms in total. The molecule has 1 aliphatic rings. The number of benzene rings is 3. The van der Waals surface area contributed by atoms with Gasteiger partial charge in [0, 0.05) is 6.42 Å². The maximum atomic E-state index is 13.5. The monoisotopic (exact) mass is 640 g/mol. The van der Waals surface area contributed by atoms with E-state index in [0.717, 1.165) is 22.4 Å². The SMILES string of the molecule is CC(C)(C)[C@H]1COC(=O)[C@H](Cc2ccccc2)CC=CC[C@H](CC(=O)N[C@H](CO)Cc2ccc(OCc3ccccc3)cc2)C(=O)N1. The molecule has 0 unspecified atom stereocenters. The van der Waals surface area contributed by atoms with E-state index in [1.165, 1.54) is 0 Å². The van der Waals surface area contributed by atoms with Crippen molar-refractivity contribution in [2.45, 2.75) is 71.6 Å². The molecular formula is C39H48N2O6. The Labute approximate surface area is 278 Å². The van der Waals surface area contributed by atoms with Crippen molar-refractivity contribution >= 4 is 17.8 Å². The number of amides is 2. The molecule has 0 radical (unpaired) electrons. The molecule has 0 fully saturated rings. The standard InChI is InChI=1S/C39H48N2O6/c1-39(2,3)35-27-47-38(45)32(22-28-12-6-4-7-13-28)17-11-10-16-31(37(44)41-35)24-36(43)40-33(25-42)23-29-18-20-34(21-19-29)46-26-30-14-8-5-9-15-30/h4-15,18-21,31-33,35,42H,16-17,22-27H2,1-3H3,(H,40,43)(H,41,44)/t31-,32+,33+,35-/m1/s1. The van der Waals surface area contributed by atoms with Gasteiger partial charge in [-0.15, -0.1) is 0 Å². The third-order valence-electron chi connectivity index (χ3n) is 8.46. The molecule has 0 bridgehead atoms. The number of allylic oxidation sites excluding steroid dienone is 2. The summed E-state index contributed by atoms with van der Waals surface area (Å²) in [6, 6.07) is 26.4. The zero-order chi connectivity index (χ0) is 33.6. The average molecular weight is 641 g/mol. The van der Waals surface area contributed by atoms with Gasteiger partial charge in [0.2, 0.25) is 11.8 Å². The number of carbonyl (C=O) groups excluding carboxylic acids is 3. The van der Waals surface area contributed by atoms with Crippen molar-refractivity contribution in [3.8, 4) is 5.75 Å². The van der Waals surface area contributed by atoms with Gasteiger partial charge in [0.25, 0.3) is 0 Å². The number of aliphatic hydroxyl groups is 1. The zero-order valence-electron chi connectivity index (χ0n) is 27.7. The molecule has 3 aromatic carbocycles. The fourth-order valence-corrected chi connectivity index (χ4v) is 5.47. The van der Waals surface area contributed by atoms with Crippen molar-refractivity contribution in [3.63, 3.8) is 0 Å². The van der Waals surface area contributed by atoms with Crippen molar-refractivity contribution in [2.24, 2.45) is 17.3 Å². The van der Waals surface area contributed by atoms with E-state index >= 15 is 0 Å². The lowest BCUT2D eigenvalue weighted by atomic mass is 9.86. The topological polar surface area (TPSA) is 114 Å².